The van der Waals surface area contributed by atoms with E-state index in [9.17, 15) is 9.59 Å². The van der Waals surface area contributed by atoms with Crippen LogP contribution in [0.5, 0.6) is 5.75 Å². The van der Waals surface area contributed by atoms with Gasteiger partial charge in [-0.05, 0) is 48.9 Å². The number of methoxy groups -OCH3 is 1. The molecule has 0 saturated heterocycles. The molecule has 2 rings (SSSR count). The zero-order valence-electron chi connectivity index (χ0n) is 18.2. The summed E-state index contributed by atoms with van der Waals surface area (Å²) in [5.74, 6) is 0.268. The van der Waals surface area contributed by atoms with Gasteiger partial charge in [0.05, 0.1) is 18.8 Å². The van der Waals surface area contributed by atoms with Crippen LogP contribution in [0.1, 0.15) is 40.5 Å². The molecule has 2 amide bonds. The Kier molecular flexibility index (Phi) is 9.15. The van der Waals surface area contributed by atoms with Crippen LogP contribution in [-0.2, 0) is 4.74 Å². The second kappa shape index (κ2) is 11.8. The Morgan fingerprint density at radius 1 is 1.00 bits per heavy atom. The van der Waals surface area contributed by atoms with Crippen LogP contribution in [0.2, 0.25) is 0 Å². The van der Waals surface area contributed by atoms with Gasteiger partial charge in [-0.1, -0.05) is 13.3 Å². The molecular weight excluding hydrogens is 382 g/mol. The number of hydrogen-bond acceptors (Lipinski definition) is 5. The highest BCUT2D eigenvalue weighted by Crippen LogP contribution is 2.23. The summed E-state index contributed by atoms with van der Waals surface area (Å²) >= 11 is 0. The minimum atomic E-state index is -0.251. The van der Waals surface area contributed by atoms with E-state index >= 15 is 0 Å². The number of ether oxygens (including phenoxy) is 2. The van der Waals surface area contributed by atoms with Crippen molar-refractivity contribution in [1.29, 1.82) is 0 Å². The van der Waals surface area contributed by atoms with Gasteiger partial charge in [0.2, 0.25) is 0 Å². The molecule has 0 aromatic heterocycles. The Balaban J connectivity index is 2.10. The number of nitrogens with one attached hydrogen (secondary N) is 2. The fourth-order valence-electron chi connectivity index (χ4n) is 2.79. The zero-order valence-corrected chi connectivity index (χ0v) is 18.2. The van der Waals surface area contributed by atoms with Crippen LogP contribution >= 0.6 is 0 Å². The lowest BCUT2D eigenvalue weighted by atomic mass is 10.1. The van der Waals surface area contributed by atoms with Crippen LogP contribution in [0.15, 0.2) is 42.5 Å². The third-order valence-electron chi connectivity index (χ3n) is 4.46. The van der Waals surface area contributed by atoms with Crippen LogP contribution < -0.4 is 20.3 Å². The van der Waals surface area contributed by atoms with E-state index in [1.54, 1.807) is 43.5 Å². The summed E-state index contributed by atoms with van der Waals surface area (Å²) < 4.78 is 10.6. The minimum absolute atomic E-state index is 0.222. The maximum Gasteiger partial charge on any atom is 0.255 e. The average Bonchev–Trinajstić information content (AvgIpc) is 2.74. The Hall–Kier alpha value is -3.06. The second-order valence-corrected chi connectivity index (χ2v) is 7.06. The number of nitrogens with zero attached hydrogens (tertiary/aromatic N) is 1. The SMILES string of the molecule is CCCCOc1ccc(C(=O)Nc2ccc(N(C)C)c(C(=O)NCCOC)c2)cc1. The molecule has 0 aliphatic rings. The van der Waals surface area contributed by atoms with E-state index in [2.05, 4.69) is 17.6 Å². The molecule has 162 valence electrons. The molecule has 0 unspecified atom stereocenters. The van der Waals surface area contributed by atoms with E-state index < -0.39 is 0 Å². The number of anilines is 2. The van der Waals surface area contributed by atoms with Gasteiger partial charge in [-0.25, -0.2) is 0 Å². The van der Waals surface area contributed by atoms with Gasteiger partial charge >= 0.3 is 0 Å². The van der Waals surface area contributed by atoms with Crippen molar-refractivity contribution in [3.8, 4) is 5.75 Å². The van der Waals surface area contributed by atoms with Gasteiger partial charge in [-0.15, -0.1) is 0 Å². The molecular formula is C23H31N3O4. The second-order valence-electron chi connectivity index (χ2n) is 7.06. The molecule has 0 saturated carbocycles. The maximum absolute atomic E-state index is 12.6. The normalized spacial score (nSPS) is 10.4. The molecule has 0 spiro atoms. The molecule has 0 fully saturated rings. The minimum Gasteiger partial charge on any atom is -0.494 e. The van der Waals surface area contributed by atoms with Gasteiger partial charge in [-0.2, -0.15) is 0 Å². The Morgan fingerprint density at radius 3 is 2.37 bits per heavy atom. The number of rotatable bonds is 11. The number of carbonyl (C=O) groups is 2. The molecule has 2 aromatic rings. The van der Waals surface area contributed by atoms with Crippen molar-refractivity contribution in [2.24, 2.45) is 0 Å². The van der Waals surface area contributed by atoms with Gasteiger partial charge in [0, 0.05) is 44.7 Å². The summed E-state index contributed by atoms with van der Waals surface area (Å²) in [7, 11) is 5.31. The van der Waals surface area contributed by atoms with Gasteiger partial charge in [0.1, 0.15) is 5.75 Å². The first-order valence-corrected chi connectivity index (χ1v) is 10.1. The zero-order chi connectivity index (χ0) is 21.9. The van der Waals surface area contributed by atoms with E-state index in [0.29, 0.717) is 36.6 Å². The number of unbranched alkanes of at least 4 members (excludes halogenated alkanes) is 1. The largest absolute Gasteiger partial charge is 0.494 e. The van der Waals surface area contributed by atoms with Crippen molar-refractivity contribution in [3.63, 3.8) is 0 Å². The molecule has 2 aromatic carbocycles. The van der Waals surface area contributed by atoms with Crippen LogP contribution in [0, 0.1) is 0 Å². The number of benzene rings is 2. The molecule has 7 nitrogen and oxygen atoms in total. The summed E-state index contributed by atoms with van der Waals surface area (Å²) in [6, 6.07) is 12.3. The third kappa shape index (κ3) is 6.77. The van der Waals surface area contributed by atoms with Crippen molar-refractivity contribution >= 4 is 23.2 Å². The van der Waals surface area contributed by atoms with Crippen molar-refractivity contribution < 1.29 is 19.1 Å². The Morgan fingerprint density at radius 2 is 1.73 bits per heavy atom. The van der Waals surface area contributed by atoms with Gasteiger partial charge in [0.15, 0.2) is 0 Å². The first kappa shape index (κ1) is 23.2. The molecule has 0 atom stereocenters. The highest BCUT2D eigenvalue weighted by atomic mass is 16.5. The maximum atomic E-state index is 12.6. The average molecular weight is 414 g/mol. The molecule has 0 radical (unpaired) electrons. The van der Waals surface area contributed by atoms with E-state index in [4.69, 9.17) is 9.47 Å². The molecule has 2 N–H and O–H groups in total. The first-order valence-electron chi connectivity index (χ1n) is 10.1. The highest BCUT2D eigenvalue weighted by Gasteiger charge is 2.15. The fourth-order valence-corrected chi connectivity index (χ4v) is 2.79. The standard InChI is InChI=1S/C23H31N3O4/c1-5-6-14-30-19-10-7-17(8-11-19)22(27)25-18-9-12-21(26(2)3)20(16-18)23(28)24-13-15-29-4/h7-12,16H,5-6,13-15H2,1-4H3,(H,24,28)(H,25,27). The van der Waals surface area contributed by atoms with Crippen LogP contribution in [-0.4, -0.2) is 52.8 Å². The van der Waals surface area contributed by atoms with E-state index in [1.807, 2.05) is 25.1 Å². The van der Waals surface area contributed by atoms with Gasteiger partial charge in [0.25, 0.3) is 11.8 Å². The number of carbonyl (C=O) groups excluding carboxylic acids is 2. The van der Waals surface area contributed by atoms with Gasteiger partial charge < -0.3 is 25.0 Å². The number of amides is 2. The lowest BCUT2D eigenvalue weighted by molar-refractivity contribution is 0.0936. The molecule has 30 heavy (non-hydrogen) atoms. The summed E-state index contributed by atoms with van der Waals surface area (Å²) in [6.07, 6.45) is 2.06. The monoisotopic (exact) mass is 413 g/mol. The van der Waals surface area contributed by atoms with E-state index in [0.717, 1.165) is 24.3 Å². The predicted octanol–water partition coefficient (Wildman–Crippen LogP) is 3.56. The summed E-state index contributed by atoms with van der Waals surface area (Å²) in [6.45, 7) is 3.61. The van der Waals surface area contributed by atoms with Crippen molar-refractivity contribution in [2.75, 3.05) is 51.2 Å². The lowest BCUT2D eigenvalue weighted by Crippen LogP contribution is -2.28. The smallest absolute Gasteiger partial charge is 0.255 e. The van der Waals surface area contributed by atoms with Crippen LogP contribution in [0.25, 0.3) is 0 Å². The fraction of sp³-hybridized carbons (Fsp3) is 0.391. The molecule has 0 heterocycles. The van der Waals surface area contributed by atoms with Crippen molar-refractivity contribution in [1.82, 2.24) is 5.32 Å². The van der Waals surface area contributed by atoms with Crippen LogP contribution in [0.4, 0.5) is 11.4 Å². The van der Waals surface area contributed by atoms with E-state index in [-0.39, 0.29) is 11.8 Å². The summed E-state index contributed by atoms with van der Waals surface area (Å²) in [4.78, 5) is 27.1. The Bertz CT molecular complexity index is 835. The van der Waals surface area contributed by atoms with Crippen molar-refractivity contribution in [2.45, 2.75) is 19.8 Å². The molecule has 0 aliphatic heterocycles. The van der Waals surface area contributed by atoms with Gasteiger partial charge in [-0.3, -0.25) is 9.59 Å². The third-order valence-corrected chi connectivity index (χ3v) is 4.46. The first-order chi connectivity index (χ1) is 14.5. The molecule has 0 bridgehead atoms. The molecule has 7 heteroatoms. The predicted molar refractivity (Wildman–Crippen MR) is 120 cm³/mol. The quantitative estimate of drug-likeness (QED) is 0.551. The van der Waals surface area contributed by atoms with Crippen LogP contribution in [0.3, 0.4) is 0 Å². The highest BCUT2D eigenvalue weighted by molar-refractivity contribution is 6.06. The molecule has 0 aliphatic carbocycles. The lowest BCUT2D eigenvalue weighted by Gasteiger charge is -2.18. The van der Waals surface area contributed by atoms with Crippen molar-refractivity contribution in [3.05, 3.63) is 53.6 Å². The van der Waals surface area contributed by atoms with E-state index in [1.165, 1.54) is 0 Å². The number of hydrogen-bond donors (Lipinski definition) is 2. The Labute approximate surface area is 178 Å². The summed E-state index contributed by atoms with van der Waals surface area (Å²) in [5, 5.41) is 5.67. The topological polar surface area (TPSA) is 79.9 Å². The summed E-state index contributed by atoms with van der Waals surface area (Å²) in [5.41, 5.74) is 2.30.